The van der Waals surface area contributed by atoms with Crippen LogP contribution in [0, 0.1) is 20.8 Å². The Balaban J connectivity index is 2.39. The van der Waals surface area contributed by atoms with E-state index in [4.69, 9.17) is 0 Å². The summed E-state index contributed by atoms with van der Waals surface area (Å²) in [5.74, 6) is 0. The lowest BCUT2D eigenvalue weighted by Crippen LogP contribution is -2.30. The molecule has 3 nitrogen and oxygen atoms in total. The lowest BCUT2D eigenvalue weighted by Gasteiger charge is -2.21. The second-order valence-corrected chi connectivity index (χ2v) is 5.32. The maximum atomic E-state index is 12.0. The van der Waals surface area contributed by atoms with E-state index in [2.05, 4.69) is 37.4 Å². The summed E-state index contributed by atoms with van der Waals surface area (Å²) in [6.07, 6.45) is 0. The Labute approximate surface area is 120 Å². The van der Waals surface area contributed by atoms with E-state index in [1.54, 1.807) is 12.1 Å². The molecule has 3 heteroatoms. The fraction of sp³-hybridized carbons (Fsp3) is 0.353. The van der Waals surface area contributed by atoms with Gasteiger partial charge in [-0.15, -0.1) is 0 Å². The van der Waals surface area contributed by atoms with Gasteiger partial charge < -0.3 is 9.88 Å². The van der Waals surface area contributed by atoms with E-state index in [1.807, 2.05) is 24.6 Å². The van der Waals surface area contributed by atoms with Gasteiger partial charge in [-0.05, 0) is 45.0 Å². The molecule has 0 spiro atoms. The van der Waals surface area contributed by atoms with E-state index < -0.39 is 0 Å². The van der Waals surface area contributed by atoms with Gasteiger partial charge in [-0.2, -0.15) is 0 Å². The molecule has 0 radical (unpaired) electrons. The molecule has 1 heterocycles. The smallest absolute Gasteiger partial charge is 0.250 e. The van der Waals surface area contributed by atoms with Gasteiger partial charge in [-0.25, -0.2) is 0 Å². The first-order valence-corrected chi connectivity index (χ1v) is 6.94. The highest BCUT2D eigenvalue weighted by Gasteiger charge is 2.14. The van der Waals surface area contributed by atoms with Gasteiger partial charge in [0.2, 0.25) is 0 Å². The van der Waals surface area contributed by atoms with Gasteiger partial charge in [0.1, 0.15) is 0 Å². The molecule has 0 aliphatic carbocycles. The Morgan fingerprint density at radius 2 is 1.90 bits per heavy atom. The number of benzene rings is 1. The van der Waals surface area contributed by atoms with Crippen LogP contribution in [-0.4, -0.2) is 11.6 Å². The Hall–Kier alpha value is -1.87. The van der Waals surface area contributed by atoms with E-state index >= 15 is 0 Å². The molecule has 1 N–H and O–H groups in total. The molecule has 2 aromatic rings. The predicted molar refractivity (Wildman–Crippen MR) is 83.2 cm³/mol. The van der Waals surface area contributed by atoms with Crippen molar-refractivity contribution < 1.29 is 0 Å². The zero-order valence-electron chi connectivity index (χ0n) is 12.6. The second-order valence-electron chi connectivity index (χ2n) is 5.32. The zero-order valence-corrected chi connectivity index (χ0v) is 12.6. The number of hydrogen-bond donors (Lipinski definition) is 1. The Morgan fingerprint density at radius 1 is 1.15 bits per heavy atom. The number of rotatable bonds is 4. The molecule has 0 amide bonds. The fourth-order valence-corrected chi connectivity index (χ4v) is 2.52. The van der Waals surface area contributed by atoms with Crippen LogP contribution in [-0.2, 0) is 6.54 Å². The van der Waals surface area contributed by atoms with Gasteiger partial charge in [-0.3, -0.25) is 4.79 Å². The molecule has 1 unspecified atom stereocenters. The second kappa shape index (κ2) is 6.06. The van der Waals surface area contributed by atoms with E-state index in [1.165, 1.54) is 16.7 Å². The van der Waals surface area contributed by atoms with Crippen molar-refractivity contribution in [2.45, 2.75) is 33.4 Å². The minimum absolute atomic E-state index is 0.0514. The van der Waals surface area contributed by atoms with E-state index in [9.17, 15) is 4.79 Å². The molecule has 0 bridgehead atoms. The molecule has 0 aliphatic heterocycles. The van der Waals surface area contributed by atoms with Crippen molar-refractivity contribution in [3.63, 3.8) is 0 Å². The third kappa shape index (κ3) is 2.99. The van der Waals surface area contributed by atoms with Gasteiger partial charge in [0.25, 0.3) is 5.56 Å². The maximum absolute atomic E-state index is 12.0. The van der Waals surface area contributed by atoms with Crippen LogP contribution in [0.2, 0.25) is 0 Å². The van der Waals surface area contributed by atoms with Gasteiger partial charge >= 0.3 is 0 Å². The molecule has 106 valence electrons. The van der Waals surface area contributed by atoms with Crippen LogP contribution in [0.15, 0.2) is 41.2 Å². The summed E-state index contributed by atoms with van der Waals surface area (Å²) >= 11 is 0. The zero-order chi connectivity index (χ0) is 14.7. The molecule has 0 aliphatic rings. The molecule has 1 atom stereocenters. The van der Waals surface area contributed by atoms with Gasteiger partial charge in [0.05, 0.1) is 6.04 Å². The predicted octanol–water partition coefficient (Wildman–Crippen LogP) is 2.73. The summed E-state index contributed by atoms with van der Waals surface area (Å²) in [5.41, 5.74) is 4.78. The van der Waals surface area contributed by atoms with Crippen LogP contribution in [0.3, 0.4) is 0 Å². The first-order valence-electron chi connectivity index (χ1n) is 6.94. The van der Waals surface area contributed by atoms with Crippen molar-refractivity contribution in [3.05, 3.63) is 69.1 Å². The third-order valence-electron chi connectivity index (χ3n) is 3.79. The molecule has 0 saturated carbocycles. The highest BCUT2D eigenvalue weighted by Crippen LogP contribution is 2.20. The Kier molecular flexibility index (Phi) is 4.40. The summed E-state index contributed by atoms with van der Waals surface area (Å²) in [6, 6.07) is 12.0. The van der Waals surface area contributed by atoms with Crippen molar-refractivity contribution in [2.75, 3.05) is 7.05 Å². The largest absolute Gasteiger partial charge is 0.312 e. The van der Waals surface area contributed by atoms with Crippen molar-refractivity contribution in [1.82, 2.24) is 9.88 Å². The molecular weight excluding hydrogens is 248 g/mol. The van der Waals surface area contributed by atoms with Crippen LogP contribution in [0.4, 0.5) is 0 Å². The minimum atomic E-state index is 0.0514. The highest BCUT2D eigenvalue weighted by molar-refractivity contribution is 5.33. The highest BCUT2D eigenvalue weighted by atomic mass is 16.1. The van der Waals surface area contributed by atoms with Crippen molar-refractivity contribution in [2.24, 2.45) is 0 Å². The van der Waals surface area contributed by atoms with Crippen LogP contribution < -0.4 is 10.9 Å². The number of aryl methyl sites for hydroxylation is 3. The standard InChI is InChI=1S/C17H22N2O/c1-12-8-9-13(2)15(10-12)16(18-4)11-19-14(3)6-5-7-17(19)20/h5-10,16,18H,11H2,1-4H3. The summed E-state index contributed by atoms with van der Waals surface area (Å²) < 4.78 is 1.82. The number of likely N-dealkylation sites (N-methyl/N-ethyl adjacent to an activating group) is 1. The summed E-state index contributed by atoms with van der Waals surface area (Å²) in [4.78, 5) is 12.0. The quantitative estimate of drug-likeness (QED) is 0.927. The molecule has 1 aromatic carbocycles. The first kappa shape index (κ1) is 14.5. The normalized spacial score (nSPS) is 12.4. The number of hydrogen-bond acceptors (Lipinski definition) is 2. The van der Waals surface area contributed by atoms with Gasteiger partial charge in [0, 0.05) is 18.3 Å². The monoisotopic (exact) mass is 270 g/mol. The maximum Gasteiger partial charge on any atom is 0.250 e. The van der Waals surface area contributed by atoms with Crippen molar-refractivity contribution in [1.29, 1.82) is 0 Å². The average molecular weight is 270 g/mol. The fourth-order valence-electron chi connectivity index (χ4n) is 2.52. The SMILES string of the molecule is CNC(Cn1c(C)cccc1=O)c1cc(C)ccc1C. The van der Waals surface area contributed by atoms with Crippen LogP contribution in [0.25, 0.3) is 0 Å². The summed E-state index contributed by atoms with van der Waals surface area (Å²) in [5, 5.41) is 3.33. The molecular formula is C17H22N2O. The van der Waals surface area contributed by atoms with Crippen LogP contribution >= 0.6 is 0 Å². The van der Waals surface area contributed by atoms with Crippen LogP contribution in [0.5, 0.6) is 0 Å². The molecule has 2 rings (SSSR count). The topological polar surface area (TPSA) is 34.0 Å². The lowest BCUT2D eigenvalue weighted by molar-refractivity contribution is 0.482. The molecule has 0 fully saturated rings. The molecule has 1 aromatic heterocycles. The summed E-state index contributed by atoms with van der Waals surface area (Å²) in [7, 11) is 1.94. The van der Waals surface area contributed by atoms with Crippen LogP contribution in [0.1, 0.15) is 28.4 Å². The number of nitrogens with one attached hydrogen (secondary N) is 1. The lowest BCUT2D eigenvalue weighted by atomic mass is 9.98. The van der Waals surface area contributed by atoms with E-state index in [0.717, 1.165) is 5.69 Å². The van der Waals surface area contributed by atoms with E-state index in [-0.39, 0.29) is 11.6 Å². The Morgan fingerprint density at radius 3 is 2.55 bits per heavy atom. The third-order valence-corrected chi connectivity index (χ3v) is 3.79. The Bertz CT molecular complexity index is 658. The van der Waals surface area contributed by atoms with E-state index in [0.29, 0.717) is 6.54 Å². The molecule has 0 saturated heterocycles. The number of nitrogens with zero attached hydrogens (tertiary/aromatic N) is 1. The average Bonchev–Trinajstić information content (AvgIpc) is 2.42. The minimum Gasteiger partial charge on any atom is -0.312 e. The number of aromatic nitrogens is 1. The molecule has 20 heavy (non-hydrogen) atoms. The van der Waals surface area contributed by atoms with Crippen molar-refractivity contribution >= 4 is 0 Å². The van der Waals surface area contributed by atoms with Gasteiger partial charge in [-0.1, -0.05) is 29.8 Å². The first-order chi connectivity index (χ1) is 9.52. The summed E-state index contributed by atoms with van der Waals surface area (Å²) in [6.45, 7) is 6.82. The number of pyridine rings is 1. The van der Waals surface area contributed by atoms with Gasteiger partial charge in [0.15, 0.2) is 0 Å². The van der Waals surface area contributed by atoms with Crippen molar-refractivity contribution in [3.8, 4) is 0 Å².